The Morgan fingerprint density at radius 3 is 2.22 bits per heavy atom. The quantitative estimate of drug-likeness (QED) is 0.569. The number of sulfonamides is 1. The summed E-state index contributed by atoms with van der Waals surface area (Å²) in [6.45, 7) is 0.958. The van der Waals surface area contributed by atoms with E-state index in [2.05, 4.69) is 0 Å². The molecule has 0 aliphatic carbocycles. The van der Waals surface area contributed by atoms with E-state index in [1.807, 2.05) is 5.32 Å². The molecule has 0 aliphatic rings. The monoisotopic (exact) mass is 404 g/mol. The van der Waals surface area contributed by atoms with E-state index in [0.717, 1.165) is 34.6 Å². The first kappa shape index (κ1) is 20.8. The maximum absolute atomic E-state index is 13.6. The SMILES string of the molecule is CCCN(CC(=O)Nc1ccc(F)c(F)c1F)S(=O)(=O)c1ccc(F)cc1. The normalized spacial score (nSPS) is 11.6. The van der Waals surface area contributed by atoms with E-state index >= 15 is 0 Å². The molecule has 0 spiro atoms. The van der Waals surface area contributed by atoms with Crippen LogP contribution in [0.2, 0.25) is 0 Å². The third-order valence-electron chi connectivity index (χ3n) is 3.55. The number of anilines is 1. The standard InChI is InChI=1S/C17H16F4N2O3S/c1-2-9-23(27(25,26)12-5-3-11(18)4-6-12)10-15(24)22-14-8-7-13(19)16(20)17(14)21/h3-8H,2,9-10H2,1H3,(H,22,24). The molecule has 146 valence electrons. The summed E-state index contributed by atoms with van der Waals surface area (Å²) in [4.78, 5) is 11.9. The molecule has 10 heteroatoms. The summed E-state index contributed by atoms with van der Waals surface area (Å²) < 4.78 is 78.9. The Morgan fingerprint density at radius 2 is 1.63 bits per heavy atom. The molecule has 27 heavy (non-hydrogen) atoms. The van der Waals surface area contributed by atoms with Crippen LogP contribution in [0.4, 0.5) is 23.2 Å². The molecule has 0 bridgehead atoms. The average molecular weight is 404 g/mol. The summed E-state index contributed by atoms with van der Waals surface area (Å²) in [6, 6.07) is 5.50. The Balaban J connectivity index is 2.21. The number of nitrogens with zero attached hydrogens (tertiary/aromatic N) is 1. The highest BCUT2D eigenvalue weighted by Gasteiger charge is 2.26. The highest BCUT2D eigenvalue weighted by Crippen LogP contribution is 2.20. The van der Waals surface area contributed by atoms with E-state index in [1.165, 1.54) is 0 Å². The molecular formula is C17H16F4N2O3S. The van der Waals surface area contributed by atoms with Crippen LogP contribution < -0.4 is 5.32 Å². The number of hydrogen-bond acceptors (Lipinski definition) is 3. The molecule has 2 aromatic carbocycles. The molecule has 0 saturated carbocycles. The highest BCUT2D eigenvalue weighted by molar-refractivity contribution is 7.89. The van der Waals surface area contributed by atoms with Gasteiger partial charge >= 0.3 is 0 Å². The fourth-order valence-corrected chi connectivity index (χ4v) is 3.75. The number of carbonyl (C=O) groups excluding carboxylic acids is 1. The van der Waals surface area contributed by atoms with Crippen LogP contribution in [-0.4, -0.2) is 31.7 Å². The van der Waals surface area contributed by atoms with Gasteiger partial charge in [0.15, 0.2) is 17.5 Å². The number of hydrogen-bond donors (Lipinski definition) is 1. The van der Waals surface area contributed by atoms with Gasteiger partial charge in [-0.3, -0.25) is 4.79 Å². The minimum absolute atomic E-state index is 0.0343. The van der Waals surface area contributed by atoms with E-state index in [0.29, 0.717) is 12.5 Å². The third kappa shape index (κ3) is 4.83. The van der Waals surface area contributed by atoms with Gasteiger partial charge in [0.1, 0.15) is 5.82 Å². The lowest BCUT2D eigenvalue weighted by molar-refractivity contribution is -0.116. The Morgan fingerprint density at radius 1 is 1.00 bits per heavy atom. The number of nitrogens with one attached hydrogen (secondary N) is 1. The van der Waals surface area contributed by atoms with Crippen LogP contribution in [0.3, 0.4) is 0 Å². The van der Waals surface area contributed by atoms with Crippen molar-refractivity contribution in [3.05, 3.63) is 59.7 Å². The van der Waals surface area contributed by atoms with E-state index < -0.39 is 51.4 Å². The summed E-state index contributed by atoms with van der Waals surface area (Å²) in [5.41, 5.74) is -0.616. The topological polar surface area (TPSA) is 66.5 Å². The molecule has 2 rings (SSSR count). The van der Waals surface area contributed by atoms with Gasteiger partial charge < -0.3 is 5.32 Å². The predicted molar refractivity (Wildman–Crippen MR) is 90.4 cm³/mol. The lowest BCUT2D eigenvalue weighted by Crippen LogP contribution is -2.38. The van der Waals surface area contributed by atoms with Gasteiger partial charge in [0.05, 0.1) is 17.1 Å². The van der Waals surface area contributed by atoms with Crippen LogP contribution in [0.5, 0.6) is 0 Å². The van der Waals surface area contributed by atoms with Crippen molar-refractivity contribution in [1.82, 2.24) is 4.31 Å². The fourth-order valence-electron chi connectivity index (χ4n) is 2.26. The summed E-state index contributed by atoms with van der Waals surface area (Å²) in [6.07, 6.45) is 0.368. The van der Waals surface area contributed by atoms with Crippen molar-refractivity contribution in [3.8, 4) is 0 Å². The maximum Gasteiger partial charge on any atom is 0.243 e. The summed E-state index contributed by atoms with van der Waals surface area (Å²) in [5.74, 6) is -6.33. The summed E-state index contributed by atoms with van der Waals surface area (Å²) >= 11 is 0. The van der Waals surface area contributed by atoms with Gasteiger partial charge in [0, 0.05) is 6.54 Å². The van der Waals surface area contributed by atoms with Crippen molar-refractivity contribution in [2.24, 2.45) is 0 Å². The number of carbonyl (C=O) groups is 1. The highest BCUT2D eigenvalue weighted by atomic mass is 32.2. The van der Waals surface area contributed by atoms with Crippen molar-refractivity contribution < 1.29 is 30.8 Å². The minimum Gasteiger partial charge on any atom is -0.322 e. The van der Waals surface area contributed by atoms with Crippen LogP contribution in [0, 0.1) is 23.3 Å². The van der Waals surface area contributed by atoms with Crippen molar-refractivity contribution in [3.63, 3.8) is 0 Å². The Kier molecular flexibility index (Phi) is 6.55. The number of rotatable bonds is 7. The molecule has 0 aromatic heterocycles. The van der Waals surface area contributed by atoms with E-state index in [4.69, 9.17) is 0 Å². The smallest absolute Gasteiger partial charge is 0.243 e. The van der Waals surface area contributed by atoms with Crippen LogP contribution in [0.1, 0.15) is 13.3 Å². The number of benzene rings is 2. The second-order valence-corrected chi connectivity index (χ2v) is 7.50. The van der Waals surface area contributed by atoms with Gasteiger partial charge in [-0.05, 0) is 42.8 Å². The van der Waals surface area contributed by atoms with Crippen LogP contribution in [-0.2, 0) is 14.8 Å². The van der Waals surface area contributed by atoms with Crippen LogP contribution in [0.25, 0.3) is 0 Å². The lowest BCUT2D eigenvalue weighted by atomic mass is 10.2. The molecule has 1 N–H and O–H groups in total. The van der Waals surface area contributed by atoms with Crippen molar-refractivity contribution in [2.75, 3.05) is 18.4 Å². The minimum atomic E-state index is -4.11. The predicted octanol–water partition coefficient (Wildman–Crippen LogP) is 3.28. The number of halogens is 4. The molecule has 0 aliphatic heterocycles. The first-order valence-electron chi connectivity index (χ1n) is 7.86. The second kappa shape index (κ2) is 8.49. The first-order chi connectivity index (χ1) is 12.7. The third-order valence-corrected chi connectivity index (χ3v) is 5.41. The van der Waals surface area contributed by atoms with Crippen molar-refractivity contribution in [1.29, 1.82) is 0 Å². The largest absolute Gasteiger partial charge is 0.322 e. The van der Waals surface area contributed by atoms with Crippen molar-refractivity contribution in [2.45, 2.75) is 18.2 Å². The van der Waals surface area contributed by atoms with E-state index in [1.54, 1.807) is 6.92 Å². The lowest BCUT2D eigenvalue weighted by Gasteiger charge is -2.21. The van der Waals surface area contributed by atoms with Gasteiger partial charge in [-0.2, -0.15) is 4.31 Å². The average Bonchev–Trinajstić information content (AvgIpc) is 2.62. The van der Waals surface area contributed by atoms with Gasteiger partial charge in [0.2, 0.25) is 15.9 Å². The van der Waals surface area contributed by atoms with Gasteiger partial charge in [-0.25, -0.2) is 26.0 Å². The van der Waals surface area contributed by atoms with E-state index in [9.17, 15) is 30.8 Å². The zero-order valence-corrected chi connectivity index (χ0v) is 15.0. The Bertz CT molecular complexity index is 934. The molecule has 0 unspecified atom stereocenters. The molecule has 0 saturated heterocycles. The zero-order chi connectivity index (χ0) is 20.2. The summed E-state index contributed by atoms with van der Waals surface area (Å²) in [7, 11) is -4.11. The fraction of sp³-hybridized carbons (Fsp3) is 0.235. The molecule has 5 nitrogen and oxygen atoms in total. The molecule has 0 fully saturated rings. The number of amides is 1. The second-order valence-electron chi connectivity index (χ2n) is 5.56. The molecule has 0 atom stereocenters. The Labute approximate surface area is 153 Å². The molecule has 1 amide bonds. The first-order valence-corrected chi connectivity index (χ1v) is 9.30. The van der Waals surface area contributed by atoms with Crippen molar-refractivity contribution >= 4 is 21.6 Å². The zero-order valence-electron chi connectivity index (χ0n) is 14.2. The van der Waals surface area contributed by atoms with Crippen LogP contribution >= 0.6 is 0 Å². The molecular weight excluding hydrogens is 388 g/mol. The molecule has 0 radical (unpaired) electrons. The van der Waals surface area contributed by atoms with E-state index in [-0.39, 0.29) is 11.4 Å². The van der Waals surface area contributed by atoms with Gasteiger partial charge in [-0.15, -0.1) is 0 Å². The Hall–Kier alpha value is -2.46. The summed E-state index contributed by atoms with van der Waals surface area (Å²) in [5, 5.41) is 2.01. The van der Waals surface area contributed by atoms with Crippen LogP contribution in [0.15, 0.2) is 41.3 Å². The maximum atomic E-state index is 13.6. The van der Waals surface area contributed by atoms with Gasteiger partial charge in [-0.1, -0.05) is 6.92 Å². The molecule has 2 aromatic rings. The molecule has 0 heterocycles. The van der Waals surface area contributed by atoms with Gasteiger partial charge in [0.25, 0.3) is 0 Å².